The highest BCUT2D eigenvalue weighted by Crippen LogP contribution is 2.36. The number of benzene rings is 1. The van der Waals surface area contributed by atoms with Gasteiger partial charge in [0, 0.05) is 17.7 Å². The Balaban J connectivity index is 2.31. The van der Waals surface area contributed by atoms with E-state index in [0.717, 1.165) is 43.2 Å². The first-order valence-electron chi connectivity index (χ1n) is 8.68. The first kappa shape index (κ1) is 22.2. The summed E-state index contributed by atoms with van der Waals surface area (Å²) in [5, 5.41) is 13.0. The van der Waals surface area contributed by atoms with Crippen molar-refractivity contribution in [2.75, 3.05) is 13.1 Å². The number of aliphatic hydroxyl groups excluding tert-OH is 1. The normalized spacial score (nSPS) is 13.6. The molecule has 0 saturated carbocycles. The van der Waals surface area contributed by atoms with Crippen LogP contribution in [-0.4, -0.2) is 23.2 Å². The smallest absolute Gasteiger partial charge is 0.387 e. The van der Waals surface area contributed by atoms with Crippen LogP contribution in [0.3, 0.4) is 0 Å². The number of hydrogen-bond acceptors (Lipinski definition) is 3. The molecule has 0 spiro atoms. The number of halogens is 6. The molecule has 0 amide bonds. The molecule has 9 heteroatoms. The van der Waals surface area contributed by atoms with Crippen molar-refractivity contribution in [1.29, 1.82) is 0 Å². The summed E-state index contributed by atoms with van der Waals surface area (Å²) in [6.45, 7) is 2.46. The second-order valence-corrected chi connectivity index (χ2v) is 6.28. The van der Waals surface area contributed by atoms with Gasteiger partial charge in [0.2, 0.25) is 0 Å². The molecule has 0 aliphatic carbocycles. The molecule has 2 aromatic rings. The number of nitrogens with one attached hydrogen (secondary N) is 1. The van der Waals surface area contributed by atoms with E-state index in [1.165, 1.54) is 6.07 Å². The van der Waals surface area contributed by atoms with Crippen LogP contribution in [0.2, 0.25) is 0 Å². The van der Waals surface area contributed by atoms with Crippen LogP contribution in [0.15, 0.2) is 36.4 Å². The maximum absolute atomic E-state index is 13.4. The lowest BCUT2D eigenvalue weighted by Gasteiger charge is -2.18. The fourth-order valence-corrected chi connectivity index (χ4v) is 2.61. The zero-order valence-electron chi connectivity index (χ0n) is 15.0. The van der Waals surface area contributed by atoms with Crippen molar-refractivity contribution in [3.8, 4) is 11.3 Å². The highest BCUT2D eigenvalue weighted by molar-refractivity contribution is 5.60. The highest BCUT2D eigenvalue weighted by Gasteiger charge is 2.37. The van der Waals surface area contributed by atoms with Gasteiger partial charge >= 0.3 is 12.4 Å². The van der Waals surface area contributed by atoms with E-state index in [4.69, 9.17) is 0 Å². The van der Waals surface area contributed by atoms with Gasteiger partial charge in [-0.05, 0) is 31.2 Å². The molecular weight excluding hydrogens is 386 g/mol. The molecule has 1 aromatic heterocycles. The van der Waals surface area contributed by atoms with E-state index < -0.39 is 29.7 Å². The molecule has 154 valence electrons. The van der Waals surface area contributed by atoms with Gasteiger partial charge in [-0.2, -0.15) is 26.3 Å². The van der Waals surface area contributed by atoms with E-state index in [1.54, 1.807) is 0 Å². The second kappa shape index (κ2) is 8.91. The monoisotopic (exact) mass is 406 g/mol. The van der Waals surface area contributed by atoms with Gasteiger partial charge in [0.05, 0.1) is 17.4 Å². The Morgan fingerprint density at radius 3 is 2.14 bits per heavy atom. The topological polar surface area (TPSA) is 45.1 Å². The van der Waals surface area contributed by atoms with Crippen LogP contribution in [0.5, 0.6) is 0 Å². The molecule has 2 rings (SSSR count). The Morgan fingerprint density at radius 1 is 0.964 bits per heavy atom. The Morgan fingerprint density at radius 2 is 1.61 bits per heavy atom. The van der Waals surface area contributed by atoms with Gasteiger partial charge in [-0.15, -0.1) is 0 Å². The quantitative estimate of drug-likeness (QED) is 0.490. The van der Waals surface area contributed by atoms with Crippen LogP contribution in [0.25, 0.3) is 11.3 Å². The SMILES string of the molecule is CCCCNCC(O)c1ccc(-c2ccc(C(F)(F)F)cc2)nc1C(F)(F)F. The van der Waals surface area contributed by atoms with E-state index in [0.29, 0.717) is 6.54 Å². The van der Waals surface area contributed by atoms with Crippen molar-refractivity contribution < 1.29 is 31.4 Å². The number of alkyl halides is 6. The molecular formula is C19H20F6N2O. The van der Waals surface area contributed by atoms with E-state index in [-0.39, 0.29) is 23.4 Å². The third-order valence-corrected chi connectivity index (χ3v) is 4.11. The van der Waals surface area contributed by atoms with Gasteiger partial charge in [-0.25, -0.2) is 4.98 Å². The summed E-state index contributed by atoms with van der Waals surface area (Å²) in [4.78, 5) is 3.58. The van der Waals surface area contributed by atoms with E-state index >= 15 is 0 Å². The van der Waals surface area contributed by atoms with Gasteiger partial charge in [-0.1, -0.05) is 31.5 Å². The molecule has 2 N–H and O–H groups in total. The highest BCUT2D eigenvalue weighted by atomic mass is 19.4. The predicted molar refractivity (Wildman–Crippen MR) is 92.4 cm³/mol. The van der Waals surface area contributed by atoms with Crippen LogP contribution in [-0.2, 0) is 12.4 Å². The third kappa shape index (κ3) is 5.68. The van der Waals surface area contributed by atoms with Crippen molar-refractivity contribution >= 4 is 0 Å². The lowest BCUT2D eigenvalue weighted by molar-refractivity contribution is -0.142. The molecule has 0 radical (unpaired) electrons. The van der Waals surface area contributed by atoms with E-state index in [2.05, 4.69) is 10.3 Å². The van der Waals surface area contributed by atoms with Gasteiger partial charge in [0.15, 0.2) is 5.69 Å². The summed E-state index contributed by atoms with van der Waals surface area (Å²) < 4.78 is 78.2. The first-order valence-corrected chi connectivity index (χ1v) is 8.68. The van der Waals surface area contributed by atoms with Crippen molar-refractivity contribution in [2.45, 2.75) is 38.2 Å². The maximum Gasteiger partial charge on any atom is 0.433 e. The first-order chi connectivity index (χ1) is 13.0. The van der Waals surface area contributed by atoms with Gasteiger partial charge in [0.1, 0.15) is 0 Å². The lowest BCUT2D eigenvalue weighted by atomic mass is 10.0. The van der Waals surface area contributed by atoms with Crippen molar-refractivity contribution in [2.24, 2.45) is 0 Å². The predicted octanol–water partition coefficient (Wildman–Crippen LogP) is 5.21. The molecule has 0 bridgehead atoms. The molecule has 1 heterocycles. The summed E-state index contributed by atoms with van der Waals surface area (Å²) in [6, 6.07) is 6.05. The van der Waals surface area contributed by atoms with E-state index in [9.17, 15) is 31.4 Å². The number of pyridine rings is 1. The summed E-state index contributed by atoms with van der Waals surface area (Å²) in [7, 11) is 0. The minimum absolute atomic E-state index is 0.0651. The molecule has 0 saturated heterocycles. The largest absolute Gasteiger partial charge is 0.433 e. The van der Waals surface area contributed by atoms with Crippen LogP contribution in [0, 0.1) is 0 Å². The molecule has 0 aliphatic heterocycles. The summed E-state index contributed by atoms with van der Waals surface area (Å²) in [5.74, 6) is 0. The molecule has 0 aliphatic rings. The minimum Gasteiger partial charge on any atom is -0.387 e. The Labute approximate surface area is 158 Å². The second-order valence-electron chi connectivity index (χ2n) is 6.28. The standard InChI is InChI=1S/C19H20F6N2O/c1-2-3-10-26-11-16(28)14-8-9-15(27-17(14)19(23,24)25)12-4-6-13(7-5-12)18(20,21)22/h4-9,16,26,28H,2-3,10-11H2,1H3. The summed E-state index contributed by atoms with van der Waals surface area (Å²) in [6.07, 6.45) is -9.05. The molecule has 1 atom stereocenters. The molecule has 1 unspecified atom stereocenters. The summed E-state index contributed by atoms with van der Waals surface area (Å²) >= 11 is 0. The fourth-order valence-electron chi connectivity index (χ4n) is 2.61. The number of unbranched alkanes of at least 4 members (excludes halogenated alkanes) is 1. The molecule has 3 nitrogen and oxygen atoms in total. The zero-order valence-corrected chi connectivity index (χ0v) is 15.0. The van der Waals surface area contributed by atoms with Crippen LogP contribution < -0.4 is 5.32 Å². The summed E-state index contributed by atoms with van der Waals surface area (Å²) in [5.41, 5.74) is -2.56. The van der Waals surface area contributed by atoms with Gasteiger partial charge in [0.25, 0.3) is 0 Å². The fraction of sp³-hybridized carbons (Fsp3) is 0.421. The molecule has 28 heavy (non-hydrogen) atoms. The molecule has 1 aromatic carbocycles. The van der Waals surface area contributed by atoms with Crippen molar-refractivity contribution in [1.82, 2.24) is 10.3 Å². The van der Waals surface area contributed by atoms with Crippen LogP contribution in [0.1, 0.15) is 42.7 Å². The average molecular weight is 406 g/mol. The Bertz CT molecular complexity index is 771. The van der Waals surface area contributed by atoms with Gasteiger partial charge in [-0.3, -0.25) is 0 Å². The maximum atomic E-state index is 13.4. The average Bonchev–Trinajstić information content (AvgIpc) is 2.63. The number of aliphatic hydroxyl groups is 1. The lowest BCUT2D eigenvalue weighted by Crippen LogP contribution is -2.25. The Hall–Kier alpha value is -2.13. The van der Waals surface area contributed by atoms with Crippen LogP contribution >= 0.6 is 0 Å². The minimum atomic E-state index is -4.82. The van der Waals surface area contributed by atoms with Crippen LogP contribution in [0.4, 0.5) is 26.3 Å². The number of nitrogens with zero attached hydrogens (tertiary/aromatic N) is 1. The van der Waals surface area contributed by atoms with Gasteiger partial charge < -0.3 is 10.4 Å². The zero-order chi connectivity index (χ0) is 20.9. The number of rotatable bonds is 7. The van der Waals surface area contributed by atoms with Crippen molar-refractivity contribution in [3.63, 3.8) is 0 Å². The Kier molecular flexibility index (Phi) is 7.06. The van der Waals surface area contributed by atoms with Crippen molar-refractivity contribution in [3.05, 3.63) is 53.2 Å². The number of aromatic nitrogens is 1. The van der Waals surface area contributed by atoms with E-state index in [1.807, 2.05) is 6.92 Å². The third-order valence-electron chi connectivity index (χ3n) is 4.11. The number of hydrogen-bond donors (Lipinski definition) is 2. The molecule has 0 fully saturated rings.